The first-order valence-electron chi connectivity index (χ1n) is 6.57. The third kappa shape index (κ3) is 3.57. The maximum Gasteiger partial charge on any atom is 0.224 e. The second-order valence-corrected chi connectivity index (χ2v) is 5.73. The highest BCUT2D eigenvalue weighted by atomic mass is 32.1. The van der Waals surface area contributed by atoms with Crippen molar-refractivity contribution in [3.05, 3.63) is 45.9 Å². The van der Waals surface area contributed by atoms with Gasteiger partial charge < -0.3 is 10.6 Å². The molecule has 106 valence electrons. The van der Waals surface area contributed by atoms with Crippen molar-refractivity contribution in [3.8, 4) is 0 Å². The number of likely N-dealkylation sites (N-methyl/N-ethyl adjacent to an activating group) is 1. The monoisotopic (exact) mass is 289 g/mol. The number of para-hydroxylation sites is 1. The Morgan fingerprint density at radius 2 is 2.15 bits per heavy atom. The lowest BCUT2D eigenvalue weighted by Gasteiger charge is -2.16. The highest BCUT2D eigenvalue weighted by Gasteiger charge is 2.12. The molecule has 0 aliphatic carbocycles. The summed E-state index contributed by atoms with van der Waals surface area (Å²) in [7, 11) is 1.65. The molecule has 0 saturated carbocycles. The number of hydrogen-bond donors (Lipinski definition) is 2. The topological polar surface area (TPSA) is 54.0 Å². The van der Waals surface area contributed by atoms with E-state index in [0.29, 0.717) is 6.42 Å². The van der Waals surface area contributed by atoms with E-state index in [1.54, 1.807) is 18.4 Å². The number of hydrogen-bond acceptors (Lipinski definition) is 4. The Kier molecular flexibility index (Phi) is 4.74. The zero-order valence-electron chi connectivity index (χ0n) is 11.9. The Morgan fingerprint density at radius 3 is 2.80 bits per heavy atom. The minimum atomic E-state index is 0.0106. The summed E-state index contributed by atoms with van der Waals surface area (Å²) in [5, 5.41) is 9.21. The van der Waals surface area contributed by atoms with Crippen LogP contribution in [0.25, 0.3) is 0 Å². The predicted octanol–water partition coefficient (Wildman–Crippen LogP) is 2.91. The van der Waals surface area contributed by atoms with Crippen molar-refractivity contribution in [2.24, 2.45) is 0 Å². The zero-order chi connectivity index (χ0) is 14.5. The zero-order valence-corrected chi connectivity index (χ0v) is 12.8. The van der Waals surface area contributed by atoms with Crippen molar-refractivity contribution in [1.29, 1.82) is 0 Å². The van der Waals surface area contributed by atoms with Crippen LogP contribution in [0.3, 0.4) is 0 Å². The van der Waals surface area contributed by atoms with E-state index < -0.39 is 0 Å². The number of benzene rings is 1. The third-order valence-corrected chi connectivity index (χ3v) is 3.89. The molecular formula is C15H19N3OS. The summed E-state index contributed by atoms with van der Waals surface area (Å²) < 4.78 is 0. The van der Waals surface area contributed by atoms with Crippen LogP contribution in [-0.2, 0) is 11.2 Å². The number of aromatic nitrogens is 1. The fraction of sp³-hybridized carbons (Fsp3) is 0.333. The summed E-state index contributed by atoms with van der Waals surface area (Å²) >= 11 is 1.65. The van der Waals surface area contributed by atoms with Crippen LogP contribution in [0.15, 0.2) is 29.6 Å². The molecule has 0 aliphatic heterocycles. The van der Waals surface area contributed by atoms with Gasteiger partial charge in [0.15, 0.2) is 0 Å². The van der Waals surface area contributed by atoms with Crippen LogP contribution < -0.4 is 10.6 Å². The molecule has 1 unspecified atom stereocenters. The molecule has 0 aliphatic rings. The molecule has 1 aromatic heterocycles. The van der Waals surface area contributed by atoms with Gasteiger partial charge in [0, 0.05) is 18.1 Å². The molecule has 2 N–H and O–H groups in total. The maximum atomic E-state index is 11.5. The number of anilines is 1. The molecule has 2 rings (SSSR count). The van der Waals surface area contributed by atoms with Crippen LogP contribution in [0, 0.1) is 6.92 Å². The molecular weight excluding hydrogens is 270 g/mol. The van der Waals surface area contributed by atoms with E-state index in [1.807, 2.05) is 31.2 Å². The molecule has 20 heavy (non-hydrogen) atoms. The number of aryl methyl sites for hydroxylation is 1. The van der Waals surface area contributed by atoms with E-state index in [0.717, 1.165) is 22.0 Å². The lowest BCUT2D eigenvalue weighted by molar-refractivity contribution is -0.119. The van der Waals surface area contributed by atoms with E-state index >= 15 is 0 Å². The van der Waals surface area contributed by atoms with E-state index in [4.69, 9.17) is 0 Å². The fourth-order valence-electron chi connectivity index (χ4n) is 1.96. The second-order valence-electron chi connectivity index (χ2n) is 4.66. The van der Waals surface area contributed by atoms with Gasteiger partial charge in [-0.25, -0.2) is 4.98 Å². The van der Waals surface area contributed by atoms with Crippen molar-refractivity contribution in [1.82, 2.24) is 10.3 Å². The highest BCUT2D eigenvalue weighted by Crippen LogP contribution is 2.23. The van der Waals surface area contributed by atoms with Crippen molar-refractivity contribution in [3.63, 3.8) is 0 Å². The molecule has 2 aromatic rings. The molecule has 1 heterocycles. The summed E-state index contributed by atoms with van der Waals surface area (Å²) in [5.41, 5.74) is 3.00. The standard InChI is InChI=1S/C15H19N3OS/c1-10(14-9-20-11(2)18-14)17-13-7-5-4-6-12(13)8-15(19)16-3/h4-7,9-10,17H,8H2,1-3H3,(H,16,19). The van der Waals surface area contributed by atoms with Crippen molar-refractivity contribution >= 4 is 22.9 Å². The van der Waals surface area contributed by atoms with E-state index in [1.165, 1.54) is 0 Å². The Morgan fingerprint density at radius 1 is 1.40 bits per heavy atom. The van der Waals surface area contributed by atoms with Gasteiger partial charge in [-0.05, 0) is 25.5 Å². The lowest BCUT2D eigenvalue weighted by Crippen LogP contribution is -2.21. The molecule has 1 atom stereocenters. The molecule has 4 nitrogen and oxygen atoms in total. The summed E-state index contributed by atoms with van der Waals surface area (Å²) in [6, 6.07) is 7.99. The molecule has 0 bridgehead atoms. The van der Waals surface area contributed by atoms with Gasteiger partial charge in [-0.15, -0.1) is 11.3 Å². The number of amides is 1. The number of thiazole rings is 1. The molecule has 0 radical (unpaired) electrons. The Balaban J connectivity index is 2.14. The van der Waals surface area contributed by atoms with Crippen LogP contribution in [0.5, 0.6) is 0 Å². The SMILES string of the molecule is CNC(=O)Cc1ccccc1NC(C)c1csc(C)n1. The van der Waals surface area contributed by atoms with Crippen molar-refractivity contribution in [2.75, 3.05) is 12.4 Å². The van der Waals surface area contributed by atoms with Gasteiger partial charge in [0.2, 0.25) is 5.91 Å². The molecule has 0 fully saturated rings. The van der Waals surface area contributed by atoms with Crippen LogP contribution >= 0.6 is 11.3 Å². The van der Waals surface area contributed by atoms with Gasteiger partial charge >= 0.3 is 0 Å². The normalized spacial score (nSPS) is 11.9. The van der Waals surface area contributed by atoms with Gasteiger partial charge in [-0.2, -0.15) is 0 Å². The Labute approximate surface area is 123 Å². The average molecular weight is 289 g/mol. The average Bonchev–Trinajstić information content (AvgIpc) is 2.87. The van der Waals surface area contributed by atoms with Crippen molar-refractivity contribution in [2.45, 2.75) is 26.3 Å². The molecule has 0 saturated heterocycles. The first-order chi connectivity index (χ1) is 9.60. The van der Waals surface area contributed by atoms with Gasteiger partial charge in [-0.3, -0.25) is 4.79 Å². The van der Waals surface area contributed by atoms with Gasteiger partial charge in [0.1, 0.15) is 0 Å². The molecule has 1 aromatic carbocycles. The lowest BCUT2D eigenvalue weighted by atomic mass is 10.1. The van der Waals surface area contributed by atoms with E-state index in [-0.39, 0.29) is 11.9 Å². The van der Waals surface area contributed by atoms with Crippen LogP contribution in [0.4, 0.5) is 5.69 Å². The van der Waals surface area contributed by atoms with Gasteiger partial charge in [0.05, 0.1) is 23.2 Å². The Bertz CT molecular complexity index is 594. The largest absolute Gasteiger partial charge is 0.377 e. The van der Waals surface area contributed by atoms with Gasteiger partial charge in [0.25, 0.3) is 0 Å². The minimum absolute atomic E-state index is 0.0106. The molecule has 5 heteroatoms. The Hall–Kier alpha value is -1.88. The summed E-state index contributed by atoms with van der Waals surface area (Å²) in [6.07, 6.45) is 0.377. The number of nitrogens with zero attached hydrogens (tertiary/aromatic N) is 1. The van der Waals surface area contributed by atoms with E-state index in [2.05, 4.69) is 27.9 Å². The number of rotatable bonds is 5. The first kappa shape index (κ1) is 14.5. The van der Waals surface area contributed by atoms with E-state index in [9.17, 15) is 4.79 Å². The van der Waals surface area contributed by atoms with Gasteiger partial charge in [-0.1, -0.05) is 18.2 Å². The summed E-state index contributed by atoms with van der Waals surface area (Å²) in [5.74, 6) is 0.0106. The smallest absolute Gasteiger partial charge is 0.224 e. The van der Waals surface area contributed by atoms with Crippen LogP contribution in [0.1, 0.15) is 29.2 Å². The summed E-state index contributed by atoms with van der Waals surface area (Å²) in [6.45, 7) is 4.07. The first-order valence-corrected chi connectivity index (χ1v) is 7.45. The van der Waals surface area contributed by atoms with Crippen molar-refractivity contribution < 1.29 is 4.79 Å². The highest BCUT2D eigenvalue weighted by molar-refractivity contribution is 7.09. The maximum absolute atomic E-state index is 11.5. The summed E-state index contributed by atoms with van der Waals surface area (Å²) in [4.78, 5) is 16.0. The second kappa shape index (κ2) is 6.52. The predicted molar refractivity (Wildman–Crippen MR) is 83.1 cm³/mol. The molecule has 1 amide bonds. The quantitative estimate of drug-likeness (QED) is 0.890. The fourth-order valence-corrected chi connectivity index (χ4v) is 2.67. The number of nitrogens with one attached hydrogen (secondary N) is 2. The number of carbonyl (C=O) groups is 1. The van der Waals surface area contributed by atoms with Crippen LogP contribution in [-0.4, -0.2) is 17.9 Å². The molecule has 0 spiro atoms. The minimum Gasteiger partial charge on any atom is -0.377 e. The van der Waals surface area contributed by atoms with Crippen LogP contribution in [0.2, 0.25) is 0 Å². The third-order valence-electron chi connectivity index (χ3n) is 3.10. The number of carbonyl (C=O) groups excluding carboxylic acids is 1.